The minimum atomic E-state index is -0.718. The number of carbonyl (C=O) groups excluding carboxylic acids is 4. The number of hydrogen-bond acceptors (Lipinski definition) is 8. The lowest BCUT2D eigenvalue weighted by Gasteiger charge is -2.34. The molecule has 1 aliphatic heterocycles. The molecule has 1 fully saturated rings. The molecule has 0 atom stereocenters. The van der Waals surface area contributed by atoms with Crippen LogP contribution in [-0.2, 0) is 4.79 Å². The molecule has 12 nitrogen and oxygen atoms in total. The van der Waals surface area contributed by atoms with Crippen molar-refractivity contribution in [3.8, 4) is 17.1 Å². The molecule has 192 valence electrons. The Bertz CT molecular complexity index is 1540. The number of Topliss-reactive ketones (excluding diaryl/α,β-unsaturated/α-hetero) is 1. The van der Waals surface area contributed by atoms with E-state index < -0.39 is 17.6 Å². The summed E-state index contributed by atoms with van der Waals surface area (Å²) in [6.45, 7) is 1.10. The highest BCUT2D eigenvalue weighted by Gasteiger charge is 2.31. The Balaban J connectivity index is 1.38. The molecule has 0 spiro atoms. The molecule has 0 aliphatic carbocycles. The van der Waals surface area contributed by atoms with Gasteiger partial charge < -0.3 is 25.3 Å². The van der Waals surface area contributed by atoms with Gasteiger partial charge in [-0.15, -0.1) is 0 Å². The predicted molar refractivity (Wildman–Crippen MR) is 135 cm³/mol. The van der Waals surface area contributed by atoms with E-state index in [1.165, 1.54) is 36.8 Å². The first-order valence-electron chi connectivity index (χ1n) is 11.7. The summed E-state index contributed by atoms with van der Waals surface area (Å²) < 4.78 is 5.42. The van der Waals surface area contributed by atoms with Crippen LogP contribution in [0.25, 0.3) is 22.3 Å². The van der Waals surface area contributed by atoms with Crippen molar-refractivity contribution in [1.29, 1.82) is 0 Å². The lowest BCUT2D eigenvalue weighted by molar-refractivity contribution is -0.127. The zero-order valence-corrected chi connectivity index (χ0v) is 20.4. The number of pyridine rings is 1. The molecule has 0 unspecified atom stereocenters. The van der Waals surface area contributed by atoms with Gasteiger partial charge in [0.2, 0.25) is 0 Å². The van der Waals surface area contributed by atoms with E-state index in [2.05, 4.69) is 19.9 Å². The van der Waals surface area contributed by atoms with Gasteiger partial charge in [0.1, 0.15) is 22.8 Å². The molecular formula is C26H23N7O5. The van der Waals surface area contributed by atoms with Gasteiger partial charge in [-0.05, 0) is 12.1 Å². The van der Waals surface area contributed by atoms with Gasteiger partial charge in [-0.25, -0.2) is 9.97 Å². The number of aromatic nitrogens is 4. The van der Waals surface area contributed by atoms with E-state index in [1.807, 2.05) is 6.07 Å². The van der Waals surface area contributed by atoms with Gasteiger partial charge >= 0.3 is 0 Å². The number of fused-ring (bicyclic) bond motifs is 1. The van der Waals surface area contributed by atoms with Crippen LogP contribution >= 0.6 is 0 Å². The van der Waals surface area contributed by atoms with Crippen LogP contribution in [-0.4, -0.2) is 86.5 Å². The molecule has 1 aromatic carbocycles. The van der Waals surface area contributed by atoms with Crippen molar-refractivity contribution in [2.45, 2.75) is 0 Å². The molecule has 12 heteroatoms. The number of H-pyrrole nitrogens is 1. The topological polar surface area (TPSA) is 164 Å². The number of benzene rings is 1. The minimum absolute atomic E-state index is 0.00276. The molecular weight excluding hydrogens is 490 g/mol. The molecule has 0 saturated carbocycles. The Labute approximate surface area is 216 Å². The molecule has 1 saturated heterocycles. The summed E-state index contributed by atoms with van der Waals surface area (Å²) in [6.07, 6.45) is 5.43. The molecule has 4 heterocycles. The molecule has 0 bridgehead atoms. The van der Waals surface area contributed by atoms with Gasteiger partial charge in [0.05, 0.1) is 42.2 Å². The summed E-state index contributed by atoms with van der Waals surface area (Å²) >= 11 is 0. The highest BCUT2D eigenvalue weighted by molar-refractivity contribution is 6.45. The zero-order valence-electron chi connectivity index (χ0n) is 20.4. The summed E-state index contributed by atoms with van der Waals surface area (Å²) in [7, 11) is 1.43. The Hall–Kier alpha value is -5.13. The standard InChI is InChI=1S/C26H23N7O5/c1-38-19-14-31-21(17-12-29-18(13-28-17)24(27)35)22-20(19)16(11-30-22)23(34)26(37)33-9-7-32(8-10-33)25(36)15-5-3-2-4-6-15/h2-6,11-14,30H,7-10H2,1H3,(H2,27,35). The van der Waals surface area contributed by atoms with Crippen LogP contribution in [0.2, 0.25) is 0 Å². The number of rotatable bonds is 6. The number of ether oxygens (including phenoxy) is 1. The van der Waals surface area contributed by atoms with Crippen LogP contribution in [0, 0.1) is 0 Å². The SMILES string of the molecule is COc1cnc(-c2cnc(C(N)=O)cn2)c2[nH]cc(C(=O)C(=O)N3CCN(C(=O)c4ccccc4)CC3)c12. The third-order valence-electron chi connectivity index (χ3n) is 6.35. The van der Waals surface area contributed by atoms with Crippen molar-refractivity contribution >= 4 is 34.4 Å². The maximum Gasteiger partial charge on any atom is 0.295 e. The third-order valence-corrected chi connectivity index (χ3v) is 6.35. The monoisotopic (exact) mass is 513 g/mol. The number of nitrogens with zero attached hydrogens (tertiary/aromatic N) is 5. The van der Waals surface area contributed by atoms with Crippen molar-refractivity contribution in [3.63, 3.8) is 0 Å². The quantitative estimate of drug-likeness (QED) is 0.288. The lowest BCUT2D eigenvalue weighted by Crippen LogP contribution is -2.52. The van der Waals surface area contributed by atoms with E-state index >= 15 is 0 Å². The Morgan fingerprint density at radius 2 is 1.63 bits per heavy atom. The number of carbonyl (C=O) groups is 4. The number of piperazine rings is 1. The first-order chi connectivity index (χ1) is 18.4. The molecule has 0 radical (unpaired) electrons. The second-order valence-electron chi connectivity index (χ2n) is 8.56. The summed E-state index contributed by atoms with van der Waals surface area (Å²) in [5, 5.41) is 0.370. The number of methoxy groups -OCH3 is 1. The summed E-state index contributed by atoms with van der Waals surface area (Å²) in [4.78, 5) is 69.2. The number of nitrogens with two attached hydrogens (primary N) is 1. The fourth-order valence-electron chi connectivity index (χ4n) is 4.36. The van der Waals surface area contributed by atoms with Gasteiger partial charge in [0.25, 0.3) is 23.5 Å². The van der Waals surface area contributed by atoms with Crippen LogP contribution in [0.3, 0.4) is 0 Å². The average Bonchev–Trinajstić information content (AvgIpc) is 3.41. The van der Waals surface area contributed by atoms with Crippen LogP contribution in [0.4, 0.5) is 0 Å². The molecule has 4 aromatic rings. The molecule has 5 rings (SSSR count). The van der Waals surface area contributed by atoms with E-state index in [-0.39, 0.29) is 30.3 Å². The highest BCUT2D eigenvalue weighted by atomic mass is 16.5. The van der Waals surface area contributed by atoms with Crippen LogP contribution in [0.15, 0.2) is 55.1 Å². The van der Waals surface area contributed by atoms with Gasteiger partial charge in [-0.2, -0.15) is 0 Å². The number of primary amides is 1. The van der Waals surface area contributed by atoms with Crippen LogP contribution in [0.1, 0.15) is 31.2 Å². The van der Waals surface area contributed by atoms with Crippen molar-refractivity contribution in [1.82, 2.24) is 29.7 Å². The maximum absolute atomic E-state index is 13.3. The lowest BCUT2D eigenvalue weighted by atomic mass is 10.1. The molecule has 1 aliphatic rings. The summed E-state index contributed by atoms with van der Waals surface area (Å²) in [5.41, 5.74) is 7.02. The van der Waals surface area contributed by atoms with E-state index in [0.717, 1.165) is 0 Å². The highest BCUT2D eigenvalue weighted by Crippen LogP contribution is 2.34. The number of amides is 3. The van der Waals surface area contributed by atoms with Crippen LogP contribution < -0.4 is 10.5 Å². The molecule has 3 aromatic heterocycles. The number of hydrogen-bond donors (Lipinski definition) is 2. The Morgan fingerprint density at radius 1 is 0.921 bits per heavy atom. The number of ketones is 1. The number of aromatic amines is 1. The summed E-state index contributed by atoms with van der Waals surface area (Å²) in [6, 6.07) is 8.92. The van der Waals surface area contributed by atoms with Crippen molar-refractivity contribution < 1.29 is 23.9 Å². The zero-order chi connectivity index (χ0) is 26.8. The number of nitrogens with one attached hydrogen (secondary N) is 1. The van der Waals surface area contributed by atoms with Gasteiger partial charge in [-0.1, -0.05) is 18.2 Å². The molecule has 3 N–H and O–H groups in total. The second-order valence-corrected chi connectivity index (χ2v) is 8.56. The van der Waals surface area contributed by atoms with E-state index in [9.17, 15) is 19.2 Å². The fourth-order valence-corrected chi connectivity index (χ4v) is 4.36. The van der Waals surface area contributed by atoms with E-state index in [4.69, 9.17) is 10.5 Å². The van der Waals surface area contributed by atoms with Gasteiger partial charge in [-0.3, -0.25) is 24.2 Å². The van der Waals surface area contributed by atoms with Crippen molar-refractivity contribution in [3.05, 3.63) is 71.9 Å². The molecule has 3 amide bonds. The van der Waals surface area contributed by atoms with Crippen molar-refractivity contribution in [2.24, 2.45) is 5.73 Å². The first-order valence-corrected chi connectivity index (χ1v) is 11.7. The second kappa shape index (κ2) is 10.1. The predicted octanol–water partition coefficient (Wildman–Crippen LogP) is 1.29. The summed E-state index contributed by atoms with van der Waals surface area (Å²) in [5.74, 6) is -1.93. The Morgan fingerprint density at radius 3 is 2.26 bits per heavy atom. The largest absolute Gasteiger partial charge is 0.494 e. The fraction of sp³-hybridized carbons (Fsp3) is 0.192. The van der Waals surface area contributed by atoms with E-state index in [0.29, 0.717) is 46.7 Å². The average molecular weight is 514 g/mol. The maximum atomic E-state index is 13.3. The van der Waals surface area contributed by atoms with Crippen molar-refractivity contribution in [2.75, 3.05) is 33.3 Å². The smallest absolute Gasteiger partial charge is 0.295 e. The van der Waals surface area contributed by atoms with Gasteiger partial charge in [0, 0.05) is 37.9 Å². The first kappa shape index (κ1) is 24.6. The minimum Gasteiger partial charge on any atom is -0.494 e. The third kappa shape index (κ3) is 4.43. The normalized spacial score (nSPS) is 13.4. The Kier molecular flexibility index (Phi) is 6.52. The molecule has 38 heavy (non-hydrogen) atoms. The van der Waals surface area contributed by atoms with Crippen LogP contribution in [0.5, 0.6) is 5.75 Å². The van der Waals surface area contributed by atoms with E-state index in [1.54, 1.807) is 29.2 Å². The van der Waals surface area contributed by atoms with Gasteiger partial charge in [0.15, 0.2) is 0 Å².